The van der Waals surface area contributed by atoms with Crippen molar-refractivity contribution in [1.82, 2.24) is 4.98 Å². The maximum absolute atomic E-state index is 12.9. The first-order valence-corrected chi connectivity index (χ1v) is 4.79. The Bertz CT molecular complexity index is 491. The topological polar surface area (TPSA) is 38.5 Å². The highest BCUT2D eigenvalue weighted by molar-refractivity contribution is 5.74. The Morgan fingerprint density at radius 3 is 3.13 bits per heavy atom. The molecular weight excluding hydrogens is 199 g/mol. The third-order valence-corrected chi connectivity index (χ3v) is 2.30. The molecule has 2 aromatic rings. The van der Waals surface area contributed by atoms with Crippen molar-refractivity contribution in [3.63, 3.8) is 0 Å². The van der Waals surface area contributed by atoms with E-state index in [-0.39, 0.29) is 5.82 Å². The largest absolute Gasteiger partial charge is 0.422 e. The first-order valence-electron chi connectivity index (χ1n) is 4.79. The molecule has 0 radical (unpaired) electrons. The second-order valence-electron chi connectivity index (χ2n) is 3.40. The van der Waals surface area contributed by atoms with Crippen molar-refractivity contribution in [3.05, 3.63) is 24.0 Å². The average molecular weight is 208 g/mol. The van der Waals surface area contributed by atoms with E-state index < -0.39 is 0 Å². The molecule has 0 spiro atoms. The maximum atomic E-state index is 12.9. The molecule has 78 valence electrons. The first-order chi connectivity index (χ1) is 7.33. The normalized spacial score (nSPS) is 16.5. The van der Waals surface area contributed by atoms with Crippen LogP contribution >= 0.6 is 0 Å². The predicted octanol–water partition coefficient (Wildman–Crippen LogP) is 2.11. The number of anilines is 1. The van der Waals surface area contributed by atoms with Crippen molar-refractivity contribution in [2.24, 2.45) is 0 Å². The highest BCUT2D eigenvalue weighted by Gasteiger charge is 2.19. The average Bonchev–Trinajstić information content (AvgIpc) is 2.84. The maximum Gasteiger partial charge on any atom is 0.323 e. The van der Waals surface area contributed by atoms with Gasteiger partial charge in [-0.25, -0.2) is 9.45 Å². The van der Waals surface area contributed by atoms with E-state index in [1.54, 1.807) is 11.1 Å². The van der Waals surface area contributed by atoms with Crippen LogP contribution in [-0.2, 0) is 4.84 Å². The van der Waals surface area contributed by atoms with Crippen LogP contribution in [0, 0.1) is 5.82 Å². The Kier molecular flexibility index (Phi) is 1.85. The summed E-state index contributed by atoms with van der Waals surface area (Å²) < 4.78 is 18.3. The molecule has 4 nitrogen and oxygen atoms in total. The van der Waals surface area contributed by atoms with Gasteiger partial charge in [0.25, 0.3) is 0 Å². The molecule has 1 aliphatic rings. The third kappa shape index (κ3) is 1.45. The Morgan fingerprint density at radius 1 is 1.40 bits per heavy atom. The van der Waals surface area contributed by atoms with Gasteiger partial charge >= 0.3 is 6.01 Å². The van der Waals surface area contributed by atoms with Gasteiger partial charge in [0, 0.05) is 6.07 Å². The molecule has 5 heteroatoms. The highest BCUT2D eigenvalue weighted by atomic mass is 19.1. The van der Waals surface area contributed by atoms with E-state index in [9.17, 15) is 4.39 Å². The van der Waals surface area contributed by atoms with Gasteiger partial charge in [0.15, 0.2) is 5.58 Å². The molecule has 2 heterocycles. The standard InChI is InChI=1S/C10H9FN2O2/c11-7-2-3-9-8(6-7)12-10(15-9)13-4-1-5-14-13/h2-3,6H,1,4-5H2. The number of fused-ring (bicyclic) bond motifs is 1. The zero-order valence-corrected chi connectivity index (χ0v) is 7.94. The van der Waals surface area contributed by atoms with Gasteiger partial charge in [0.1, 0.15) is 11.3 Å². The molecule has 0 atom stereocenters. The SMILES string of the molecule is Fc1ccc2oc(N3CCCO3)nc2c1. The summed E-state index contributed by atoms with van der Waals surface area (Å²) in [6, 6.07) is 4.66. The molecular formula is C10H9FN2O2. The van der Waals surface area contributed by atoms with Gasteiger partial charge in [-0.15, -0.1) is 0 Å². The lowest BCUT2D eigenvalue weighted by Crippen LogP contribution is -2.16. The lowest BCUT2D eigenvalue weighted by molar-refractivity contribution is 0.155. The van der Waals surface area contributed by atoms with Crippen molar-refractivity contribution in [2.75, 3.05) is 18.2 Å². The minimum absolute atomic E-state index is 0.315. The van der Waals surface area contributed by atoms with E-state index in [2.05, 4.69) is 4.98 Å². The molecule has 0 N–H and O–H groups in total. The number of hydroxylamine groups is 1. The fraction of sp³-hybridized carbons (Fsp3) is 0.300. The monoisotopic (exact) mass is 208 g/mol. The minimum atomic E-state index is -0.315. The number of hydrogen-bond acceptors (Lipinski definition) is 4. The predicted molar refractivity (Wildman–Crippen MR) is 51.9 cm³/mol. The number of benzene rings is 1. The second-order valence-corrected chi connectivity index (χ2v) is 3.40. The first kappa shape index (κ1) is 8.67. The molecule has 1 fully saturated rings. The molecule has 1 aromatic heterocycles. The van der Waals surface area contributed by atoms with Crippen molar-refractivity contribution >= 4 is 17.1 Å². The van der Waals surface area contributed by atoms with Gasteiger partial charge in [0.2, 0.25) is 0 Å². The van der Waals surface area contributed by atoms with Crippen LogP contribution in [0.3, 0.4) is 0 Å². The highest BCUT2D eigenvalue weighted by Crippen LogP contribution is 2.24. The Morgan fingerprint density at radius 2 is 2.33 bits per heavy atom. The molecule has 0 aliphatic carbocycles. The van der Waals surface area contributed by atoms with E-state index in [0.717, 1.165) is 13.0 Å². The molecule has 0 bridgehead atoms. The molecule has 3 rings (SSSR count). The molecule has 0 amide bonds. The molecule has 1 aromatic carbocycles. The second kappa shape index (κ2) is 3.20. The van der Waals surface area contributed by atoms with Crippen LogP contribution < -0.4 is 5.06 Å². The van der Waals surface area contributed by atoms with Crippen LogP contribution in [0.1, 0.15) is 6.42 Å². The van der Waals surface area contributed by atoms with Gasteiger partial charge in [0.05, 0.1) is 13.2 Å². The van der Waals surface area contributed by atoms with E-state index in [0.29, 0.717) is 23.7 Å². The van der Waals surface area contributed by atoms with Crippen LogP contribution in [0.25, 0.3) is 11.1 Å². The van der Waals surface area contributed by atoms with Crippen LogP contribution in [0.5, 0.6) is 0 Å². The Labute approximate surface area is 85.2 Å². The summed E-state index contributed by atoms with van der Waals surface area (Å²) in [4.78, 5) is 9.43. The molecule has 1 saturated heterocycles. The number of rotatable bonds is 1. The zero-order chi connectivity index (χ0) is 10.3. The number of oxazole rings is 1. The smallest absolute Gasteiger partial charge is 0.323 e. The minimum Gasteiger partial charge on any atom is -0.422 e. The zero-order valence-electron chi connectivity index (χ0n) is 7.94. The summed E-state index contributed by atoms with van der Waals surface area (Å²) in [5.41, 5.74) is 1.09. The third-order valence-electron chi connectivity index (χ3n) is 2.30. The lowest BCUT2D eigenvalue weighted by Gasteiger charge is -2.08. The molecule has 1 aliphatic heterocycles. The van der Waals surface area contributed by atoms with Crippen molar-refractivity contribution in [1.29, 1.82) is 0 Å². The summed E-state index contributed by atoms with van der Waals surface area (Å²) >= 11 is 0. The fourth-order valence-corrected chi connectivity index (χ4v) is 1.59. The summed E-state index contributed by atoms with van der Waals surface area (Å²) in [6.07, 6.45) is 0.951. The molecule has 0 saturated carbocycles. The van der Waals surface area contributed by atoms with Gasteiger partial charge < -0.3 is 4.42 Å². The molecule has 0 unspecified atom stereocenters. The number of aromatic nitrogens is 1. The summed E-state index contributed by atoms with van der Waals surface area (Å²) in [5, 5.41) is 1.60. The van der Waals surface area contributed by atoms with Crippen LogP contribution in [0.2, 0.25) is 0 Å². The quantitative estimate of drug-likeness (QED) is 0.719. The van der Waals surface area contributed by atoms with Crippen molar-refractivity contribution in [2.45, 2.75) is 6.42 Å². The number of nitrogens with zero attached hydrogens (tertiary/aromatic N) is 2. The van der Waals surface area contributed by atoms with E-state index >= 15 is 0 Å². The molecule has 15 heavy (non-hydrogen) atoms. The Hall–Kier alpha value is -1.62. The van der Waals surface area contributed by atoms with Gasteiger partial charge in [-0.2, -0.15) is 4.98 Å². The van der Waals surface area contributed by atoms with Gasteiger partial charge in [-0.05, 0) is 18.6 Å². The van der Waals surface area contributed by atoms with Crippen LogP contribution in [0.15, 0.2) is 22.6 Å². The number of halogens is 1. The summed E-state index contributed by atoms with van der Waals surface area (Å²) in [5.74, 6) is -0.315. The fourth-order valence-electron chi connectivity index (χ4n) is 1.59. The van der Waals surface area contributed by atoms with E-state index in [1.807, 2.05) is 0 Å². The summed E-state index contributed by atoms with van der Waals surface area (Å²) in [6.45, 7) is 1.43. The van der Waals surface area contributed by atoms with Crippen LogP contribution in [-0.4, -0.2) is 18.1 Å². The number of hydrogen-bond donors (Lipinski definition) is 0. The Balaban J connectivity index is 2.05. The van der Waals surface area contributed by atoms with Crippen molar-refractivity contribution in [3.8, 4) is 0 Å². The van der Waals surface area contributed by atoms with E-state index in [4.69, 9.17) is 9.25 Å². The summed E-state index contributed by atoms with van der Waals surface area (Å²) in [7, 11) is 0. The van der Waals surface area contributed by atoms with Gasteiger partial charge in [-0.3, -0.25) is 4.84 Å². The lowest BCUT2D eigenvalue weighted by atomic mass is 10.3. The van der Waals surface area contributed by atoms with E-state index in [1.165, 1.54) is 12.1 Å². The van der Waals surface area contributed by atoms with Crippen LogP contribution in [0.4, 0.5) is 10.4 Å². The van der Waals surface area contributed by atoms with Crippen molar-refractivity contribution < 1.29 is 13.6 Å². The van der Waals surface area contributed by atoms with Gasteiger partial charge in [-0.1, -0.05) is 0 Å².